The van der Waals surface area contributed by atoms with Crippen molar-refractivity contribution in [3.8, 4) is 5.75 Å². The predicted octanol–water partition coefficient (Wildman–Crippen LogP) is 3.65. The highest BCUT2D eigenvalue weighted by molar-refractivity contribution is 6.17. The van der Waals surface area contributed by atoms with E-state index in [-0.39, 0.29) is 0 Å². The van der Waals surface area contributed by atoms with Crippen LogP contribution in [-0.2, 0) is 12.5 Å². The van der Waals surface area contributed by atoms with Gasteiger partial charge >= 0.3 is 0 Å². The van der Waals surface area contributed by atoms with Crippen LogP contribution in [0.2, 0.25) is 0 Å². The Morgan fingerprint density at radius 3 is 2.95 bits per heavy atom. The van der Waals surface area contributed by atoms with Crippen LogP contribution < -0.4 is 4.74 Å². The molecule has 0 aliphatic rings. The van der Waals surface area contributed by atoms with Crippen molar-refractivity contribution in [3.05, 3.63) is 66.1 Å². The number of ether oxygens (including phenoxy) is 1. The highest BCUT2D eigenvalue weighted by Crippen LogP contribution is 2.16. The van der Waals surface area contributed by atoms with Gasteiger partial charge in [0.2, 0.25) is 0 Å². The first-order valence-electron chi connectivity index (χ1n) is 6.05. The van der Waals surface area contributed by atoms with Crippen LogP contribution in [0.4, 0.5) is 0 Å². The number of aromatic nitrogens is 2. The summed E-state index contributed by atoms with van der Waals surface area (Å²) in [6, 6.07) is 13.7. The Balaban J connectivity index is 1.74. The second-order valence-corrected chi connectivity index (χ2v) is 4.54. The summed E-state index contributed by atoms with van der Waals surface area (Å²) in [5.41, 5.74) is 2.88. The van der Waals surface area contributed by atoms with Crippen molar-refractivity contribution in [1.29, 1.82) is 0 Å². The summed E-state index contributed by atoms with van der Waals surface area (Å²) in [6.45, 7) is 0.452. The lowest BCUT2D eigenvalue weighted by molar-refractivity contribution is 0.302. The number of pyridine rings is 1. The van der Waals surface area contributed by atoms with Gasteiger partial charge in [-0.3, -0.25) is 0 Å². The van der Waals surface area contributed by atoms with E-state index in [2.05, 4.69) is 4.98 Å². The van der Waals surface area contributed by atoms with Crippen LogP contribution in [0.3, 0.4) is 0 Å². The van der Waals surface area contributed by atoms with Gasteiger partial charge in [-0.05, 0) is 29.8 Å². The molecule has 96 valence electrons. The van der Waals surface area contributed by atoms with Crippen molar-refractivity contribution in [2.24, 2.45) is 0 Å². The van der Waals surface area contributed by atoms with Crippen molar-refractivity contribution in [3.63, 3.8) is 0 Å². The minimum atomic E-state index is 0.452. The fraction of sp³-hybridized carbons (Fsp3) is 0.133. The topological polar surface area (TPSA) is 26.5 Å². The quantitative estimate of drug-likeness (QED) is 0.678. The summed E-state index contributed by atoms with van der Waals surface area (Å²) in [5.74, 6) is 1.31. The standard InChI is InChI=1S/C15H13ClN2O/c16-9-12-4-3-5-14(8-12)19-11-13-10-18-7-2-1-6-15(18)17-13/h1-8,10H,9,11H2. The first kappa shape index (κ1) is 12.1. The van der Waals surface area contributed by atoms with Crippen LogP contribution in [0.25, 0.3) is 5.65 Å². The third-order valence-electron chi connectivity index (χ3n) is 2.85. The van der Waals surface area contributed by atoms with Crippen molar-refractivity contribution < 1.29 is 4.74 Å². The van der Waals surface area contributed by atoms with E-state index >= 15 is 0 Å². The number of imidazole rings is 1. The van der Waals surface area contributed by atoms with E-state index in [0.717, 1.165) is 22.7 Å². The summed E-state index contributed by atoms with van der Waals surface area (Å²) in [4.78, 5) is 4.48. The number of nitrogens with zero attached hydrogens (tertiary/aromatic N) is 2. The van der Waals surface area contributed by atoms with E-state index in [1.165, 1.54) is 0 Å². The van der Waals surface area contributed by atoms with Crippen LogP contribution in [0, 0.1) is 0 Å². The molecule has 0 saturated heterocycles. The summed E-state index contributed by atoms with van der Waals surface area (Å²) < 4.78 is 7.71. The van der Waals surface area contributed by atoms with Gasteiger partial charge in [0.1, 0.15) is 18.0 Å². The third kappa shape index (κ3) is 2.71. The number of halogens is 1. The van der Waals surface area contributed by atoms with E-state index < -0.39 is 0 Å². The Morgan fingerprint density at radius 1 is 1.16 bits per heavy atom. The molecule has 3 aromatic rings. The van der Waals surface area contributed by atoms with Gasteiger partial charge in [-0.15, -0.1) is 11.6 Å². The number of benzene rings is 1. The summed E-state index contributed by atoms with van der Waals surface area (Å²) >= 11 is 5.80. The molecule has 19 heavy (non-hydrogen) atoms. The molecule has 0 spiro atoms. The second kappa shape index (κ2) is 5.33. The number of rotatable bonds is 4. The zero-order chi connectivity index (χ0) is 13.1. The fourth-order valence-corrected chi connectivity index (χ4v) is 2.10. The molecule has 0 N–H and O–H groups in total. The zero-order valence-corrected chi connectivity index (χ0v) is 11.0. The van der Waals surface area contributed by atoms with Gasteiger partial charge in [-0.1, -0.05) is 18.2 Å². The molecule has 0 saturated carbocycles. The van der Waals surface area contributed by atoms with Crippen molar-refractivity contribution in [1.82, 2.24) is 9.38 Å². The Labute approximate surface area is 116 Å². The molecule has 0 unspecified atom stereocenters. The Kier molecular flexibility index (Phi) is 3.38. The van der Waals surface area contributed by atoms with Gasteiger partial charge < -0.3 is 9.14 Å². The van der Waals surface area contributed by atoms with Gasteiger partial charge in [-0.25, -0.2) is 4.98 Å². The first-order valence-corrected chi connectivity index (χ1v) is 6.59. The van der Waals surface area contributed by atoms with Crippen molar-refractivity contribution in [2.45, 2.75) is 12.5 Å². The van der Waals surface area contributed by atoms with Gasteiger partial charge in [0.25, 0.3) is 0 Å². The van der Waals surface area contributed by atoms with E-state index in [1.54, 1.807) is 0 Å². The van der Waals surface area contributed by atoms with E-state index in [4.69, 9.17) is 16.3 Å². The Hall–Kier alpha value is -2.00. The van der Waals surface area contributed by atoms with Gasteiger partial charge in [-0.2, -0.15) is 0 Å². The molecule has 0 aliphatic carbocycles. The van der Waals surface area contributed by atoms with E-state index in [1.807, 2.05) is 59.3 Å². The molecule has 2 heterocycles. The highest BCUT2D eigenvalue weighted by Gasteiger charge is 2.02. The predicted molar refractivity (Wildman–Crippen MR) is 75.5 cm³/mol. The molecule has 3 nitrogen and oxygen atoms in total. The lowest BCUT2D eigenvalue weighted by Gasteiger charge is -2.05. The smallest absolute Gasteiger partial charge is 0.137 e. The maximum absolute atomic E-state index is 5.80. The average Bonchev–Trinajstić information content (AvgIpc) is 2.88. The molecule has 0 amide bonds. The second-order valence-electron chi connectivity index (χ2n) is 4.27. The first-order chi connectivity index (χ1) is 9.35. The molecular weight excluding hydrogens is 260 g/mol. The minimum Gasteiger partial charge on any atom is -0.487 e. The number of hydrogen-bond acceptors (Lipinski definition) is 2. The van der Waals surface area contributed by atoms with Gasteiger partial charge in [0.15, 0.2) is 0 Å². The van der Waals surface area contributed by atoms with Gasteiger partial charge in [0.05, 0.1) is 5.69 Å². The lowest BCUT2D eigenvalue weighted by atomic mass is 10.2. The maximum Gasteiger partial charge on any atom is 0.137 e. The Bertz CT molecular complexity index is 660. The Morgan fingerprint density at radius 2 is 2.11 bits per heavy atom. The fourth-order valence-electron chi connectivity index (χ4n) is 1.93. The monoisotopic (exact) mass is 272 g/mol. The molecule has 1 aromatic carbocycles. The minimum absolute atomic E-state index is 0.452. The molecule has 0 fully saturated rings. The summed E-state index contributed by atoms with van der Waals surface area (Å²) in [7, 11) is 0. The molecule has 2 aromatic heterocycles. The highest BCUT2D eigenvalue weighted by atomic mass is 35.5. The molecule has 0 atom stereocenters. The van der Waals surface area contributed by atoms with Crippen LogP contribution >= 0.6 is 11.6 Å². The number of alkyl halides is 1. The average molecular weight is 273 g/mol. The van der Waals surface area contributed by atoms with Crippen LogP contribution in [-0.4, -0.2) is 9.38 Å². The molecule has 0 radical (unpaired) electrons. The van der Waals surface area contributed by atoms with Gasteiger partial charge in [0, 0.05) is 18.3 Å². The third-order valence-corrected chi connectivity index (χ3v) is 3.16. The maximum atomic E-state index is 5.80. The number of hydrogen-bond donors (Lipinski definition) is 0. The summed E-state index contributed by atoms with van der Waals surface area (Å²) in [6.07, 6.45) is 3.95. The lowest BCUT2D eigenvalue weighted by Crippen LogP contribution is -1.95. The van der Waals surface area contributed by atoms with Crippen LogP contribution in [0.1, 0.15) is 11.3 Å². The largest absolute Gasteiger partial charge is 0.487 e. The normalized spacial score (nSPS) is 10.8. The van der Waals surface area contributed by atoms with E-state index in [0.29, 0.717) is 12.5 Å². The molecular formula is C15H13ClN2O. The van der Waals surface area contributed by atoms with E-state index in [9.17, 15) is 0 Å². The SMILES string of the molecule is ClCc1cccc(OCc2cn3ccccc3n2)c1. The zero-order valence-electron chi connectivity index (χ0n) is 10.3. The molecule has 3 rings (SSSR count). The van der Waals surface area contributed by atoms with Crippen LogP contribution in [0.5, 0.6) is 5.75 Å². The summed E-state index contributed by atoms with van der Waals surface area (Å²) in [5, 5.41) is 0. The van der Waals surface area contributed by atoms with Crippen molar-refractivity contribution in [2.75, 3.05) is 0 Å². The molecule has 0 bridgehead atoms. The number of fused-ring (bicyclic) bond motifs is 1. The molecule has 0 aliphatic heterocycles. The van der Waals surface area contributed by atoms with Crippen LogP contribution in [0.15, 0.2) is 54.9 Å². The molecule has 4 heteroatoms. The van der Waals surface area contributed by atoms with Crippen molar-refractivity contribution >= 4 is 17.2 Å².